The molecule has 8 heteroatoms. The summed E-state index contributed by atoms with van der Waals surface area (Å²) in [5.41, 5.74) is 0. The summed E-state index contributed by atoms with van der Waals surface area (Å²) in [6.07, 6.45) is 4.94. The highest BCUT2D eigenvalue weighted by atomic mass is 16.6. The van der Waals surface area contributed by atoms with Gasteiger partial charge in [-0.3, -0.25) is 0 Å². The summed E-state index contributed by atoms with van der Waals surface area (Å²) in [4.78, 5) is 0. The third-order valence-corrected chi connectivity index (χ3v) is 3.87. The molecule has 0 spiro atoms. The fourth-order valence-corrected chi connectivity index (χ4v) is 2.23. The lowest BCUT2D eigenvalue weighted by Crippen LogP contribution is -2.17. The number of rotatable bonds is 26. The van der Waals surface area contributed by atoms with Crippen LogP contribution in [-0.4, -0.2) is 106 Å². The maximum absolute atomic E-state index is 5.50. The van der Waals surface area contributed by atoms with Gasteiger partial charge in [0, 0.05) is 13.2 Å². The first-order valence-corrected chi connectivity index (χ1v) is 11.1. The van der Waals surface area contributed by atoms with Gasteiger partial charge in [-0.2, -0.15) is 0 Å². The minimum Gasteiger partial charge on any atom is -0.379 e. The smallest absolute Gasteiger partial charge is 0.0701 e. The minimum atomic E-state index is 0.558. The summed E-state index contributed by atoms with van der Waals surface area (Å²) in [5.74, 6) is 0. The van der Waals surface area contributed by atoms with Gasteiger partial charge >= 0.3 is 0 Å². The van der Waals surface area contributed by atoms with Crippen LogP contribution in [0.25, 0.3) is 0 Å². The van der Waals surface area contributed by atoms with E-state index < -0.39 is 0 Å². The summed E-state index contributed by atoms with van der Waals surface area (Å²) >= 11 is 0. The Morgan fingerprint density at radius 1 is 0.414 bits per heavy atom. The van der Waals surface area contributed by atoms with Gasteiger partial charge in [-0.05, 0) is 13.5 Å². The van der Waals surface area contributed by atoms with E-state index in [1.165, 1.54) is 19.3 Å². The summed E-state index contributed by atoms with van der Waals surface area (Å²) in [6.45, 7) is 11.6. The van der Waals surface area contributed by atoms with Crippen LogP contribution < -0.4 is 5.32 Å². The van der Waals surface area contributed by atoms with Crippen LogP contribution in [0, 0.1) is 0 Å². The molecule has 0 bridgehead atoms. The normalized spacial score (nSPS) is 11.4. The molecule has 0 rings (SSSR count). The predicted octanol–water partition coefficient (Wildman–Crippen LogP) is 1.90. The summed E-state index contributed by atoms with van der Waals surface area (Å²) in [7, 11) is 1.90. The molecule has 0 aliphatic heterocycles. The van der Waals surface area contributed by atoms with Crippen molar-refractivity contribution in [3.8, 4) is 0 Å². The summed E-state index contributed by atoms with van der Waals surface area (Å²) < 4.78 is 38.0. The van der Waals surface area contributed by atoms with Crippen LogP contribution in [0.15, 0.2) is 0 Å². The maximum atomic E-state index is 5.50. The predicted molar refractivity (Wildman–Crippen MR) is 114 cm³/mol. The molecule has 0 unspecified atom stereocenters. The van der Waals surface area contributed by atoms with Gasteiger partial charge in [-0.25, -0.2) is 0 Å². The van der Waals surface area contributed by atoms with Crippen LogP contribution >= 0.6 is 0 Å². The number of hydrogen-bond donors (Lipinski definition) is 1. The Morgan fingerprint density at radius 2 is 0.759 bits per heavy atom. The highest BCUT2D eigenvalue weighted by Crippen LogP contribution is 1.98. The Balaban J connectivity index is 2.97. The fraction of sp³-hybridized carbons (Fsp3) is 1.00. The first-order valence-electron chi connectivity index (χ1n) is 11.1. The van der Waals surface area contributed by atoms with E-state index in [0.717, 1.165) is 19.6 Å². The Kier molecular flexibility index (Phi) is 27.4. The number of nitrogens with one attached hydrogen (secondary N) is 1. The van der Waals surface area contributed by atoms with Crippen molar-refractivity contribution in [2.45, 2.75) is 32.6 Å². The molecule has 0 aliphatic rings. The molecule has 0 aliphatic carbocycles. The average Bonchev–Trinajstić information content (AvgIpc) is 2.74. The number of ether oxygens (including phenoxy) is 7. The van der Waals surface area contributed by atoms with E-state index >= 15 is 0 Å². The van der Waals surface area contributed by atoms with Gasteiger partial charge in [0.15, 0.2) is 0 Å². The fourth-order valence-electron chi connectivity index (χ4n) is 2.23. The highest BCUT2D eigenvalue weighted by Gasteiger charge is 1.95. The maximum Gasteiger partial charge on any atom is 0.0701 e. The number of likely N-dealkylation sites (N-methyl/N-ethyl adjacent to an activating group) is 1. The van der Waals surface area contributed by atoms with Crippen LogP contribution in [0.2, 0.25) is 0 Å². The third-order valence-electron chi connectivity index (χ3n) is 3.87. The van der Waals surface area contributed by atoms with Gasteiger partial charge in [0.1, 0.15) is 0 Å². The molecule has 176 valence electrons. The minimum absolute atomic E-state index is 0.558. The van der Waals surface area contributed by atoms with Crippen molar-refractivity contribution in [2.75, 3.05) is 106 Å². The van der Waals surface area contributed by atoms with E-state index in [1.807, 2.05) is 7.05 Å². The molecule has 8 nitrogen and oxygen atoms in total. The third kappa shape index (κ3) is 27.7. The molecule has 0 heterocycles. The molecule has 29 heavy (non-hydrogen) atoms. The lowest BCUT2D eigenvalue weighted by molar-refractivity contribution is -0.0204. The van der Waals surface area contributed by atoms with E-state index in [4.69, 9.17) is 33.2 Å². The van der Waals surface area contributed by atoms with E-state index in [9.17, 15) is 0 Å². The van der Waals surface area contributed by atoms with Crippen LogP contribution in [-0.2, 0) is 33.2 Å². The molecule has 0 saturated carbocycles. The average molecular weight is 424 g/mol. The van der Waals surface area contributed by atoms with Crippen LogP contribution in [0.3, 0.4) is 0 Å². The van der Waals surface area contributed by atoms with E-state index in [2.05, 4.69) is 12.2 Å². The van der Waals surface area contributed by atoms with Gasteiger partial charge in [0.2, 0.25) is 0 Å². The molecule has 0 radical (unpaired) electrons. The second kappa shape index (κ2) is 27.7. The van der Waals surface area contributed by atoms with Crippen molar-refractivity contribution >= 4 is 0 Å². The van der Waals surface area contributed by atoms with Gasteiger partial charge in [0.25, 0.3) is 0 Å². The molecule has 0 saturated heterocycles. The molecule has 0 aromatic rings. The van der Waals surface area contributed by atoms with Gasteiger partial charge in [-0.15, -0.1) is 0 Å². The summed E-state index contributed by atoms with van der Waals surface area (Å²) in [6, 6.07) is 0. The number of unbranched alkanes of at least 4 members (excludes halogenated alkanes) is 3. The Hall–Kier alpha value is -0.320. The zero-order valence-corrected chi connectivity index (χ0v) is 18.8. The Labute approximate surface area is 177 Å². The zero-order chi connectivity index (χ0) is 21.1. The molecule has 0 atom stereocenters. The molecule has 0 aromatic heterocycles. The molecule has 1 N–H and O–H groups in total. The molecular formula is C21H45NO7. The SMILES string of the molecule is CCCCCCOCCOCCOCCOCCOCCOCCOCCNC. The van der Waals surface area contributed by atoms with Crippen LogP contribution in [0.5, 0.6) is 0 Å². The highest BCUT2D eigenvalue weighted by molar-refractivity contribution is 4.40. The standard InChI is InChI=1S/C21H45NO7/c1-3-4-5-6-8-23-10-12-25-14-16-27-18-20-29-21-19-28-17-15-26-13-11-24-9-7-22-2/h22H,3-21H2,1-2H3. The number of hydrogen-bond acceptors (Lipinski definition) is 8. The molecular weight excluding hydrogens is 378 g/mol. The van der Waals surface area contributed by atoms with Crippen LogP contribution in [0.4, 0.5) is 0 Å². The van der Waals surface area contributed by atoms with Gasteiger partial charge < -0.3 is 38.5 Å². The second-order valence-corrected chi connectivity index (χ2v) is 6.45. The Morgan fingerprint density at radius 3 is 1.10 bits per heavy atom. The Bertz CT molecular complexity index is 260. The largest absolute Gasteiger partial charge is 0.379 e. The van der Waals surface area contributed by atoms with Crippen molar-refractivity contribution in [3.05, 3.63) is 0 Å². The van der Waals surface area contributed by atoms with Gasteiger partial charge in [-0.1, -0.05) is 26.2 Å². The molecule has 0 amide bonds. The lowest BCUT2D eigenvalue weighted by Gasteiger charge is -2.08. The van der Waals surface area contributed by atoms with E-state index in [1.54, 1.807) is 0 Å². The monoisotopic (exact) mass is 423 g/mol. The molecule has 0 fully saturated rings. The zero-order valence-electron chi connectivity index (χ0n) is 18.8. The van der Waals surface area contributed by atoms with Crippen molar-refractivity contribution in [1.82, 2.24) is 5.32 Å². The second-order valence-electron chi connectivity index (χ2n) is 6.45. The topological polar surface area (TPSA) is 76.6 Å². The van der Waals surface area contributed by atoms with E-state index in [0.29, 0.717) is 85.9 Å². The van der Waals surface area contributed by atoms with Gasteiger partial charge in [0.05, 0.1) is 85.9 Å². The van der Waals surface area contributed by atoms with E-state index in [-0.39, 0.29) is 0 Å². The quantitative estimate of drug-likeness (QED) is 0.211. The first kappa shape index (κ1) is 28.7. The van der Waals surface area contributed by atoms with Crippen LogP contribution in [0.1, 0.15) is 32.6 Å². The molecule has 0 aromatic carbocycles. The summed E-state index contributed by atoms with van der Waals surface area (Å²) in [5, 5.41) is 3.02. The van der Waals surface area contributed by atoms with Crippen molar-refractivity contribution in [3.63, 3.8) is 0 Å². The van der Waals surface area contributed by atoms with Crippen molar-refractivity contribution < 1.29 is 33.2 Å². The van der Waals surface area contributed by atoms with Crippen molar-refractivity contribution in [2.24, 2.45) is 0 Å². The lowest BCUT2D eigenvalue weighted by atomic mass is 10.2. The van der Waals surface area contributed by atoms with Crippen molar-refractivity contribution in [1.29, 1.82) is 0 Å². The first-order chi connectivity index (χ1) is 14.4.